The van der Waals surface area contributed by atoms with Crippen LogP contribution in [0.5, 0.6) is 5.75 Å². The lowest BCUT2D eigenvalue weighted by Gasteiger charge is -2.19. The van der Waals surface area contributed by atoms with Gasteiger partial charge in [0.25, 0.3) is 0 Å². The Labute approximate surface area is 125 Å². The second-order valence-electron chi connectivity index (χ2n) is 4.83. The average molecular weight is 321 g/mol. The third-order valence-electron chi connectivity index (χ3n) is 3.26. The van der Waals surface area contributed by atoms with Gasteiger partial charge in [0, 0.05) is 18.3 Å². The number of hydrogen-bond acceptors (Lipinski definition) is 2. The molecule has 0 aliphatic rings. The molecule has 21 heavy (non-hydrogen) atoms. The highest BCUT2D eigenvalue weighted by molar-refractivity contribution is 6.17. The molecule has 1 unspecified atom stereocenters. The number of alkyl halides is 4. The SMILES string of the molecule is COc1cccc2c1nc(CCCl)n2C(C)CC(F)(F)F. The van der Waals surface area contributed by atoms with Crippen LogP contribution in [0.25, 0.3) is 11.0 Å². The Bertz CT molecular complexity index is 624. The molecule has 0 aliphatic heterocycles. The van der Waals surface area contributed by atoms with E-state index in [1.54, 1.807) is 22.8 Å². The summed E-state index contributed by atoms with van der Waals surface area (Å²) in [5.74, 6) is 1.38. The molecule has 0 fully saturated rings. The van der Waals surface area contributed by atoms with Crippen LogP contribution < -0.4 is 4.74 Å². The van der Waals surface area contributed by atoms with E-state index in [0.29, 0.717) is 34.9 Å². The van der Waals surface area contributed by atoms with Crippen molar-refractivity contribution < 1.29 is 17.9 Å². The number of para-hydroxylation sites is 1. The predicted molar refractivity (Wildman–Crippen MR) is 76.1 cm³/mol. The number of aryl methyl sites for hydroxylation is 1. The molecule has 1 aromatic carbocycles. The zero-order valence-corrected chi connectivity index (χ0v) is 12.5. The molecule has 7 heteroatoms. The standard InChI is InChI=1S/C14H16ClF3N2O/c1-9(8-14(16,17)18)20-10-4-3-5-11(21-2)13(10)19-12(20)6-7-15/h3-5,9H,6-8H2,1-2H3. The molecule has 0 aliphatic carbocycles. The predicted octanol–water partition coefficient (Wildman–Crippen LogP) is 4.34. The largest absolute Gasteiger partial charge is 0.494 e. The van der Waals surface area contributed by atoms with Gasteiger partial charge in [0.1, 0.15) is 17.1 Å². The Morgan fingerprint density at radius 1 is 1.38 bits per heavy atom. The van der Waals surface area contributed by atoms with Gasteiger partial charge in [-0.2, -0.15) is 13.2 Å². The first-order chi connectivity index (χ1) is 9.87. The zero-order chi connectivity index (χ0) is 15.6. The van der Waals surface area contributed by atoms with Crippen molar-refractivity contribution in [2.75, 3.05) is 13.0 Å². The Hall–Kier alpha value is -1.43. The first-order valence-electron chi connectivity index (χ1n) is 6.54. The number of aromatic nitrogens is 2. The van der Waals surface area contributed by atoms with Gasteiger partial charge in [0.15, 0.2) is 0 Å². The number of imidazole rings is 1. The Kier molecular flexibility index (Phi) is 4.66. The normalized spacial score (nSPS) is 13.6. The fraction of sp³-hybridized carbons (Fsp3) is 0.500. The number of hydrogen-bond donors (Lipinski definition) is 0. The molecule has 0 bridgehead atoms. The maximum absolute atomic E-state index is 12.7. The van der Waals surface area contributed by atoms with Gasteiger partial charge in [-0.05, 0) is 19.1 Å². The summed E-state index contributed by atoms with van der Waals surface area (Å²) in [6.45, 7) is 1.53. The molecule has 0 amide bonds. The molecule has 0 radical (unpaired) electrons. The van der Waals surface area contributed by atoms with Crippen LogP contribution in [0.4, 0.5) is 13.2 Å². The molecule has 0 spiro atoms. The number of halogens is 4. The van der Waals surface area contributed by atoms with Crippen LogP contribution in [0.2, 0.25) is 0 Å². The van der Waals surface area contributed by atoms with Crippen molar-refractivity contribution in [1.29, 1.82) is 0 Å². The van der Waals surface area contributed by atoms with E-state index in [2.05, 4.69) is 4.98 Å². The third kappa shape index (κ3) is 3.43. The van der Waals surface area contributed by atoms with Crippen LogP contribution in [0.3, 0.4) is 0 Å². The summed E-state index contributed by atoms with van der Waals surface area (Å²) in [7, 11) is 1.51. The number of rotatable bonds is 5. The summed E-state index contributed by atoms with van der Waals surface area (Å²) in [4.78, 5) is 4.41. The summed E-state index contributed by atoms with van der Waals surface area (Å²) in [6.07, 6.45) is -4.74. The lowest BCUT2D eigenvalue weighted by molar-refractivity contribution is -0.141. The minimum atomic E-state index is -4.23. The summed E-state index contributed by atoms with van der Waals surface area (Å²) in [6, 6.07) is 4.47. The highest BCUT2D eigenvalue weighted by atomic mass is 35.5. The molecule has 3 nitrogen and oxygen atoms in total. The van der Waals surface area contributed by atoms with Crippen LogP contribution in [0, 0.1) is 0 Å². The minimum absolute atomic E-state index is 0.296. The molecule has 1 atom stereocenters. The van der Waals surface area contributed by atoms with E-state index in [0.717, 1.165) is 0 Å². The van der Waals surface area contributed by atoms with Crippen molar-refractivity contribution in [2.24, 2.45) is 0 Å². The number of nitrogens with zero attached hydrogens (tertiary/aromatic N) is 2. The van der Waals surface area contributed by atoms with Crippen LogP contribution in [-0.2, 0) is 6.42 Å². The fourth-order valence-corrected chi connectivity index (χ4v) is 2.65. The molecule has 0 saturated carbocycles. The Morgan fingerprint density at radius 3 is 2.67 bits per heavy atom. The van der Waals surface area contributed by atoms with Crippen molar-refractivity contribution in [1.82, 2.24) is 9.55 Å². The number of methoxy groups -OCH3 is 1. The van der Waals surface area contributed by atoms with Crippen molar-refractivity contribution >= 4 is 22.6 Å². The van der Waals surface area contributed by atoms with Gasteiger partial charge in [-0.3, -0.25) is 0 Å². The van der Waals surface area contributed by atoms with Gasteiger partial charge in [-0.25, -0.2) is 4.98 Å². The van der Waals surface area contributed by atoms with Crippen molar-refractivity contribution in [2.45, 2.75) is 32.0 Å². The summed E-state index contributed by atoms with van der Waals surface area (Å²) < 4.78 is 44.9. The molecular formula is C14H16ClF3N2O. The quantitative estimate of drug-likeness (QED) is 0.766. The maximum atomic E-state index is 12.7. The van der Waals surface area contributed by atoms with Crippen LogP contribution in [0.15, 0.2) is 18.2 Å². The van der Waals surface area contributed by atoms with Gasteiger partial charge < -0.3 is 9.30 Å². The molecule has 0 saturated heterocycles. The van der Waals surface area contributed by atoms with Crippen molar-refractivity contribution in [3.63, 3.8) is 0 Å². The summed E-state index contributed by atoms with van der Waals surface area (Å²) >= 11 is 5.74. The molecule has 116 valence electrons. The van der Waals surface area contributed by atoms with Gasteiger partial charge in [-0.15, -0.1) is 11.6 Å². The first-order valence-corrected chi connectivity index (χ1v) is 7.07. The fourth-order valence-electron chi connectivity index (χ4n) is 2.48. The van der Waals surface area contributed by atoms with Crippen LogP contribution in [0.1, 0.15) is 25.2 Å². The zero-order valence-electron chi connectivity index (χ0n) is 11.7. The lowest BCUT2D eigenvalue weighted by atomic mass is 10.2. The number of fused-ring (bicyclic) bond motifs is 1. The second-order valence-corrected chi connectivity index (χ2v) is 5.21. The molecule has 1 aromatic heterocycles. The molecule has 0 N–H and O–H groups in total. The van der Waals surface area contributed by atoms with Gasteiger partial charge in [0.2, 0.25) is 0 Å². The topological polar surface area (TPSA) is 27.1 Å². The van der Waals surface area contributed by atoms with E-state index in [4.69, 9.17) is 16.3 Å². The highest BCUT2D eigenvalue weighted by Crippen LogP contribution is 2.33. The van der Waals surface area contributed by atoms with Crippen molar-refractivity contribution in [3.05, 3.63) is 24.0 Å². The third-order valence-corrected chi connectivity index (χ3v) is 3.45. The van der Waals surface area contributed by atoms with Crippen LogP contribution >= 0.6 is 11.6 Å². The van der Waals surface area contributed by atoms with E-state index < -0.39 is 18.6 Å². The van der Waals surface area contributed by atoms with Gasteiger partial charge in [-0.1, -0.05) is 6.07 Å². The second kappa shape index (κ2) is 6.13. The Balaban J connectivity index is 2.56. The monoisotopic (exact) mass is 320 g/mol. The molecule has 1 heterocycles. The highest BCUT2D eigenvalue weighted by Gasteiger charge is 2.32. The van der Waals surface area contributed by atoms with E-state index in [-0.39, 0.29) is 0 Å². The van der Waals surface area contributed by atoms with Crippen LogP contribution in [-0.4, -0.2) is 28.7 Å². The van der Waals surface area contributed by atoms with E-state index in [1.165, 1.54) is 14.0 Å². The number of benzene rings is 1. The first kappa shape index (κ1) is 15.9. The lowest BCUT2D eigenvalue weighted by Crippen LogP contribution is -2.18. The summed E-state index contributed by atoms with van der Waals surface area (Å²) in [5.41, 5.74) is 1.19. The summed E-state index contributed by atoms with van der Waals surface area (Å²) in [5, 5.41) is 0. The van der Waals surface area contributed by atoms with Gasteiger partial charge >= 0.3 is 6.18 Å². The molecule has 2 aromatic rings. The molecular weight excluding hydrogens is 305 g/mol. The number of ether oxygens (including phenoxy) is 1. The van der Waals surface area contributed by atoms with E-state index in [1.807, 2.05) is 0 Å². The van der Waals surface area contributed by atoms with E-state index in [9.17, 15) is 13.2 Å². The Morgan fingerprint density at radius 2 is 2.10 bits per heavy atom. The van der Waals surface area contributed by atoms with Gasteiger partial charge in [0.05, 0.1) is 19.0 Å². The smallest absolute Gasteiger partial charge is 0.391 e. The average Bonchev–Trinajstić information content (AvgIpc) is 2.75. The van der Waals surface area contributed by atoms with E-state index >= 15 is 0 Å². The maximum Gasteiger partial charge on any atom is 0.391 e. The minimum Gasteiger partial charge on any atom is -0.494 e. The van der Waals surface area contributed by atoms with Crippen molar-refractivity contribution in [3.8, 4) is 5.75 Å². The molecule has 2 rings (SSSR count).